The van der Waals surface area contributed by atoms with Gasteiger partial charge >= 0.3 is 0 Å². The van der Waals surface area contributed by atoms with Crippen molar-refractivity contribution in [2.45, 2.75) is 37.3 Å². The zero-order chi connectivity index (χ0) is 21.3. The smallest absolute Gasteiger partial charge is 0.263 e. The van der Waals surface area contributed by atoms with E-state index in [0.29, 0.717) is 15.7 Å². The van der Waals surface area contributed by atoms with Crippen LogP contribution in [0.15, 0.2) is 52.5 Å². The molecule has 6 rings (SSSR count). The quantitative estimate of drug-likeness (QED) is 0.475. The minimum atomic E-state index is -1.60. The van der Waals surface area contributed by atoms with Crippen LogP contribution in [0.4, 0.5) is 0 Å². The molecule has 0 saturated carbocycles. The summed E-state index contributed by atoms with van der Waals surface area (Å²) < 4.78 is 1.11. The molecule has 3 fully saturated rings. The van der Waals surface area contributed by atoms with Gasteiger partial charge in [0.1, 0.15) is 0 Å². The first kappa shape index (κ1) is 21.3. The fraction of sp³-hybridized carbons (Fsp3) is 0.458. The summed E-state index contributed by atoms with van der Waals surface area (Å²) in [6, 6.07) is 12.0. The number of rotatable bonds is 8. The Morgan fingerprint density at radius 2 is 1.68 bits per heavy atom. The molecule has 1 atom stereocenters. The van der Waals surface area contributed by atoms with Gasteiger partial charge in [0.2, 0.25) is 5.60 Å². The molecule has 4 nitrogen and oxygen atoms in total. The van der Waals surface area contributed by atoms with Crippen LogP contribution < -0.4 is 5.32 Å². The minimum absolute atomic E-state index is 0.142. The molecule has 2 bridgehead atoms. The van der Waals surface area contributed by atoms with Gasteiger partial charge in [0.25, 0.3) is 5.91 Å². The van der Waals surface area contributed by atoms with Gasteiger partial charge in [-0.1, -0.05) is 18.2 Å². The van der Waals surface area contributed by atoms with Gasteiger partial charge < -0.3 is 14.9 Å². The molecule has 3 aromatic heterocycles. The molecule has 3 aliphatic heterocycles. The van der Waals surface area contributed by atoms with Gasteiger partial charge in [-0.2, -0.15) is 0 Å². The van der Waals surface area contributed by atoms with Crippen molar-refractivity contribution in [3.63, 3.8) is 0 Å². The lowest BCUT2D eigenvalue weighted by atomic mass is 9.81. The average molecular weight is 474 g/mol. The number of quaternary nitrogens is 1. The number of piperidine rings is 3. The van der Waals surface area contributed by atoms with Crippen LogP contribution in [0.1, 0.15) is 33.9 Å². The first-order valence-electron chi connectivity index (χ1n) is 11.1. The molecule has 3 aromatic rings. The third-order valence-corrected chi connectivity index (χ3v) is 10.0. The number of carbonyl (C=O) groups is 1. The number of carbonyl (C=O) groups excluding carboxylic acids is 1. The molecule has 2 N–H and O–H groups in total. The molecule has 0 spiro atoms. The van der Waals surface area contributed by atoms with Crippen molar-refractivity contribution in [3.8, 4) is 0 Å². The van der Waals surface area contributed by atoms with Crippen molar-refractivity contribution >= 4 is 39.9 Å². The number of fused-ring (bicyclic) bond motifs is 3. The second kappa shape index (κ2) is 8.79. The number of hydrogen-bond donors (Lipinski definition) is 2. The van der Waals surface area contributed by atoms with Crippen LogP contribution in [0.3, 0.4) is 0 Å². The fourth-order valence-corrected chi connectivity index (χ4v) is 7.88. The normalized spacial score (nSPS) is 25.6. The van der Waals surface area contributed by atoms with E-state index < -0.39 is 5.60 Å². The predicted octanol–water partition coefficient (Wildman–Crippen LogP) is 4.47. The highest BCUT2D eigenvalue weighted by molar-refractivity contribution is 7.12. The Kier molecular flexibility index (Phi) is 6.05. The molecule has 0 unspecified atom stereocenters. The summed E-state index contributed by atoms with van der Waals surface area (Å²) >= 11 is 4.72. The molecular weight excluding hydrogens is 444 g/mol. The number of hydrogen-bond acceptors (Lipinski definition) is 5. The summed E-state index contributed by atoms with van der Waals surface area (Å²) in [5.41, 5.74) is -1.60. The van der Waals surface area contributed by atoms with Crippen molar-refractivity contribution in [1.82, 2.24) is 5.32 Å². The fourth-order valence-electron chi connectivity index (χ4n) is 5.40. The first-order valence-corrected chi connectivity index (χ1v) is 13.7. The van der Waals surface area contributed by atoms with Crippen LogP contribution >= 0.6 is 34.0 Å². The van der Waals surface area contributed by atoms with Crippen molar-refractivity contribution in [3.05, 3.63) is 67.2 Å². The SMILES string of the molecule is O=C(N[C@@H]1C[N+]2(CCCc3cccs3)CCC1CC2)C(O)(c1cccs1)c1cccs1. The molecule has 0 aromatic carbocycles. The van der Waals surface area contributed by atoms with E-state index in [0.717, 1.165) is 17.4 Å². The van der Waals surface area contributed by atoms with E-state index in [1.165, 1.54) is 66.4 Å². The Balaban J connectivity index is 1.29. The van der Waals surface area contributed by atoms with Crippen LogP contribution in [0.5, 0.6) is 0 Å². The maximum Gasteiger partial charge on any atom is 0.263 e. The van der Waals surface area contributed by atoms with Crippen LogP contribution in [-0.2, 0) is 16.8 Å². The molecule has 3 aliphatic rings. The van der Waals surface area contributed by atoms with Crippen LogP contribution in [-0.4, -0.2) is 47.7 Å². The molecule has 6 heterocycles. The van der Waals surface area contributed by atoms with Crippen molar-refractivity contribution in [1.29, 1.82) is 0 Å². The standard InChI is InChI=1S/C24H28N2O2S3/c27-23(24(28,21-7-3-15-30-21)22-8-4-16-31-22)25-20-17-26(12-9-18(20)10-13-26)11-1-5-19-6-2-14-29-19/h2-4,6-8,14-16,18,20,28H,1,5,9-13,17H2/p+1/t18?,20-,26?/m1/s1. The summed E-state index contributed by atoms with van der Waals surface area (Å²) in [7, 11) is 0. The van der Waals surface area contributed by atoms with Gasteiger partial charge in [0, 0.05) is 24.1 Å². The molecule has 7 heteroatoms. The summed E-state index contributed by atoms with van der Waals surface area (Å²) in [5.74, 6) is 0.255. The minimum Gasteiger partial charge on any atom is -0.371 e. The van der Waals surface area contributed by atoms with E-state index in [4.69, 9.17) is 0 Å². The highest BCUT2D eigenvalue weighted by Gasteiger charge is 2.49. The average Bonchev–Trinajstić information content (AvgIpc) is 3.58. The highest BCUT2D eigenvalue weighted by atomic mass is 32.1. The highest BCUT2D eigenvalue weighted by Crippen LogP contribution is 2.38. The van der Waals surface area contributed by atoms with E-state index in [1.54, 1.807) is 0 Å². The second-order valence-corrected chi connectivity index (χ2v) is 11.9. The molecule has 0 aliphatic carbocycles. The molecule has 0 radical (unpaired) electrons. The van der Waals surface area contributed by atoms with Gasteiger partial charge in [-0.05, 0) is 46.7 Å². The van der Waals surface area contributed by atoms with E-state index in [9.17, 15) is 9.90 Å². The molecule has 1 amide bonds. The van der Waals surface area contributed by atoms with Crippen LogP contribution in [0.25, 0.3) is 0 Å². The lowest BCUT2D eigenvalue weighted by molar-refractivity contribution is -0.944. The van der Waals surface area contributed by atoms with Gasteiger partial charge in [0.15, 0.2) is 0 Å². The van der Waals surface area contributed by atoms with Crippen LogP contribution in [0.2, 0.25) is 0 Å². The molecule has 31 heavy (non-hydrogen) atoms. The first-order chi connectivity index (χ1) is 15.1. The van der Waals surface area contributed by atoms with Crippen LogP contribution in [0, 0.1) is 5.92 Å². The molecule has 164 valence electrons. The van der Waals surface area contributed by atoms with Gasteiger partial charge in [-0.25, -0.2) is 0 Å². The van der Waals surface area contributed by atoms with E-state index in [1.807, 2.05) is 46.4 Å². The topological polar surface area (TPSA) is 49.3 Å². The van der Waals surface area contributed by atoms with E-state index >= 15 is 0 Å². The zero-order valence-corrected chi connectivity index (χ0v) is 20.0. The number of nitrogens with one attached hydrogen (secondary N) is 1. The Bertz CT molecular complexity index is 940. The number of nitrogens with zero attached hydrogens (tertiary/aromatic N) is 1. The largest absolute Gasteiger partial charge is 0.371 e. The zero-order valence-electron chi connectivity index (χ0n) is 17.5. The van der Waals surface area contributed by atoms with Gasteiger partial charge in [-0.3, -0.25) is 4.79 Å². The Labute approximate surface area is 195 Å². The van der Waals surface area contributed by atoms with Crippen molar-refractivity contribution < 1.29 is 14.4 Å². The predicted molar refractivity (Wildman–Crippen MR) is 129 cm³/mol. The molecular formula is C24H29N2O2S3+. The Morgan fingerprint density at radius 1 is 1.03 bits per heavy atom. The third kappa shape index (κ3) is 4.14. The number of aryl methyl sites for hydroxylation is 1. The lowest BCUT2D eigenvalue weighted by Gasteiger charge is -2.53. The Morgan fingerprint density at radius 3 is 2.26 bits per heavy atom. The van der Waals surface area contributed by atoms with E-state index in [2.05, 4.69) is 22.8 Å². The monoisotopic (exact) mass is 473 g/mol. The van der Waals surface area contributed by atoms with Crippen molar-refractivity contribution in [2.75, 3.05) is 26.2 Å². The number of amides is 1. The maximum absolute atomic E-state index is 13.5. The Hall–Kier alpha value is -1.51. The van der Waals surface area contributed by atoms with Gasteiger partial charge in [-0.15, -0.1) is 34.0 Å². The summed E-state index contributed by atoms with van der Waals surface area (Å²) in [4.78, 5) is 16.4. The summed E-state index contributed by atoms with van der Waals surface area (Å²) in [6.07, 6.45) is 4.68. The third-order valence-electron chi connectivity index (χ3n) is 7.14. The summed E-state index contributed by atoms with van der Waals surface area (Å²) in [6.45, 7) is 4.62. The number of aliphatic hydroxyl groups is 1. The van der Waals surface area contributed by atoms with Gasteiger partial charge in [0.05, 0.1) is 42.0 Å². The number of thiophene rings is 3. The van der Waals surface area contributed by atoms with E-state index in [-0.39, 0.29) is 11.9 Å². The van der Waals surface area contributed by atoms with Crippen molar-refractivity contribution in [2.24, 2.45) is 5.92 Å². The molecule has 3 saturated heterocycles. The second-order valence-electron chi connectivity index (χ2n) is 8.96. The lowest BCUT2D eigenvalue weighted by Crippen LogP contribution is -2.68. The summed E-state index contributed by atoms with van der Waals surface area (Å²) in [5, 5.41) is 20.9. The maximum atomic E-state index is 13.5.